The van der Waals surface area contributed by atoms with Crippen LogP contribution in [-0.2, 0) is 13.1 Å². The molecule has 1 saturated heterocycles. The van der Waals surface area contributed by atoms with Gasteiger partial charge in [0.1, 0.15) is 5.82 Å². The van der Waals surface area contributed by atoms with Crippen LogP contribution in [0, 0.1) is 5.82 Å². The summed E-state index contributed by atoms with van der Waals surface area (Å²) >= 11 is 0. The average Bonchev–Trinajstić information content (AvgIpc) is 3.04. The number of likely N-dealkylation sites (tertiary alicyclic amines) is 1. The van der Waals surface area contributed by atoms with Crippen molar-refractivity contribution in [2.45, 2.75) is 44.9 Å². The number of imidazole rings is 1. The van der Waals surface area contributed by atoms with Gasteiger partial charge in [-0.15, -0.1) is 0 Å². The molecule has 0 amide bonds. The van der Waals surface area contributed by atoms with Crippen molar-refractivity contribution in [3.05, 3.63) is 54.4 Å². The van der Waals surface area contributed by atoms with Crippen molar-refractivity contribution in [2.75, 3.05) is 13.1 Å². The molecule has 1 atom stereocenters. The first-order valence-electron chi connectivity index (χ1n) is 8.37. The lowest BCUT2D eigenvalue weighted by molar-refractivity contribution is 0.183. The van der Waals surface area contributed by atoms with E-state index < -0.39 is 0 Å². The quantitative estimate of drug-likeness (QED) is 0.889. The number of halogens is 1. The summed E-state index contributed by atoms with van der Waals surface area (Å²) in [4.78, 5) is 6.53. The number of nitrogens with zero attached hydrogens (tertiary/aromatic N) is 3. The third kappa shape index (κ3) is 4.88. The van der Waals surface area contributed by atoms with E-state index in [1.54, 1.807) is 12.1 Å². The van der Waals surface area contributed by atoms with Crippen molar-refractivity contribution in [3.63, 3.8) is 0 Å². The molecule has 0 aliphatic carbocycles. The Hall–Kier alpha value is -1.72. The van der Waals surface area contributed by atoms with Gasteiger partial charge >= 0.3 is 0 Å². The first-order chi connectivity index (χ1) is 11.2. The molecule has 0 radical (unpaired) electrons. The molecule has 4 nitrogen and oxygen atoms in total. The third-order valence-corrected chi connectivity index (χ3v) is 4.47. The molecule has 0 bridgehead atoms. The standard InChI is InChI=1S/C18H25FN4/c1-15(12-23-11-8-20-14-23)21-18-6-9-22(10-7-18)13-16-2-4-17(19)5-3-16/h2-5,8,11,14-15,18,21H,6-7,9-10,12-13H2,1H3/t15-/m0/s1. The largest absolute Gasteiger partial charge is 0.336 e. The molecule has 1 N–H and O–H groups in total. The Kier molecular flexibility index (Phi) is 5.41. The van der Waals surface area contributed by atoms with E-state index in [1.165, 1.54) is 5.56 Å². The summed E-state index contributed by atoms with van der Waals surface area (Å²) in [6.45, 7) is 6.28. The van der Waals surface area contributed by atoms with Gasteiger partial charge in [-0.2, -0.15) is 0 Å². The maximum atomic E-state index is 12.9. The van der Waals surface area contributed by atoms with Crippen LogP contribution in [-0.4, -0.2) is 39.6 Å². The molecule has 1 aliphatic rings. The second-order valence-electron chi connectivity index (χ2n) is 6.50. The molecule has 1 aliphatic heterocycles. The van der Waals surface area contributed by atoms with Crippen molar-refractivity contribution in [2.24, 2.45) is 0 Å². The van der Waals surface area contributed by atoms with E-state index in [9.17, 15) is 4.39 Å². The van der Waals surface area contributed by atoms with Gasteiger partial charge in [0.05, 0.1) is 6.33 Å². The number of rotatable bonds is 6. The van der Waals surface area contributed by atoms with Crippen LogP contribution >= 0.6 is 0 Å². The van der Waals surface area contributed by atoms with Gasteiger partial charge in [-0.3, -0.25) is 4.90 Å². The summed E-state index contributed by atoms with van der Waals surface area (Å²) in [5.41, 5.74) is 1.19. The smallest absolute Gasteiger partial charge is 0.123 e. The normalized spacial score (nSPS) is 18.2. The molecule has 0 spiro atoms. The zero-order chi connectivity index (χ0) is 16.1. The van der Waals surface area contributed by atoms with E-state index in [4.69, 9.17) is 0 Å². The zero-order valence-electron chi connectivity index (χ0n) is 13.7. The van der Waals surface area contributed by atoms with Gasteiger partial charge in [-0.1, -0.05) is 12.1 Å². The van der Waals surface area contributed by atoms with Crippen molar-refractivity contribution >= 4 is 0 Å². The van der Waals surface area contributed by atoms with Crippen LogP contribution in [0.3, 0.4) is 0 Å². The topological polar surface area (TPSA) is 33.1 Å². The minimum absolute atomic E-state index is 0.163. The fourth-order valence-electron chi connectivity index (χ4n) is 3.27. The highest BCUT2D eigenvalue weighted by Gasteiger charge is 2.20. The van der Waals surface area contributed by atoms with E-state index in [0.717, 1.165) is 39.0 Å². The molecular formula is C18H25FN4. The number of hydrogen-bond donors (Lipinski definition) is 1. The Morgan fingerprint density at radius 3 is 2.65 bits per heavy atom. The molecular weight excluding hydrogens is 291 g/mol. The van der Waals surface area contributed by atoms with Crippen molar-refractivity contribution in [3.8, 4) is 0 Å². The van der Waals surface area contributed by atoms with Crippen LogP contribution in [0.1, 0.15) is 25.3 Å². The van der Waals surface area contributed by atoms with E-state index in [2.05, 4.69) is 26.7 Å². The van der Waals surface area contributed by atoms with E-state index in [0.29, 0.717) is 12.1 Å². The summed E-state index contributed by atoms with van der Waals surface area (Å²) < 4.78 is 15.1. The van der Waals surface area contributed by atoms with Crippen molar-refractivity contribution < 1.29 is 4.39 Å². The van der Waals surface area contributed by atoms with E-state index in [-0.39, 0.29) is 5.82 Å². The van der Waals surface area contributed by atoms with Gasteiger partial charge < -0.3 is 9.88 Å². The highest BCUT2D eigenvalue weighted by atomic mass is 19.1. The predicted octanol–water partition coefficient (Wildman–Crippen LogP) is 2.66. The maximum Gasteiger partial charge on any atom is 0.123 e. The number of aromatic nitrogens is 2. The molecule has 2 aromatic rings. The van der Waals surface area contributed by atoms with Crippen molar-refractivity contribution in [1.82, 2.24) is 19.8 Å². The van der Waals surface area contributed by atoms with Gasteiger partial charge in [-0.25, -0.2) is 9.37 Å². The Balaban J connectivity index is 1.40. The highest BCUT2D eigenvalue weighted by molar-refractivity contribution is 5.16. The Bertz CT molecular complexity index is 574. The number of piperidine rings is 1. The second-order valence-corrected chi connectivity index (χ2v) is 6.50. The summed E-state index contributed by atoms with van der Waals surface area (Å²) in [5, 5.41) is 3.72. The third-order valence-electron chi connectivity index (χ3n) is 4.47. The van der Waals surface area contributed by atoms with Crippen LogP contribution in [0.25, 0.3) is 0 Å². The number of nitrogens with one attached hydrogen (secondary N) is 1. The number of hydrogen-bond acceptors (Lipinski definition) is 3. The van der Waals surface area contributed by atoms with E-state index in [1.807, 2.05) is 30.9 Å². The molecule has 124 valence electrons. The molecule has 23 heavy (non-hydrogen) atoms. The molecule has 3 rings (SSSR count). The molecule has 2 heterocycles. The minimum atomic E-state index is -0.163. The maximum absolute atomic E-state index is 12.9. The minimum Gasteiger partial charge on any atom is -0.336 e. The zero-order valence-corrected chi connectivity index (χ0v) is 13.7. The van der Waals surface area contributed by atoms with Gasteiger partial charge in [0, 0.05) is 37.6 Å². The SMILES string of the molecule is C[C@@H](Cn1ccnc1)NC1CCN(Cc2ccc(F)cc2)CC1. The highest BCUT2D eigenvalue weighted by Crippen LogP contribution is 2.15. The van der Waals surface area contributed by atoms with Gasteiger partial charge in [0.15, 0.2) is 0 Å². The fraction of sp³-hybridized carbons (Fsp3) is 0.500. The Labute approximate surface area is 137 Å². The van der Waals surface area contributed by atoms with E-state index >= 15 is 0 Å². The molecule has 1 aromatic heterocycles. The molecule has 0 saturated carbocycles. The summed E-state index contributed by atoms with van der Waals surface area (Å²) in [6, 6.07) is 7.87. The Morgan fingerprint density at radius 1 is 1.26 bits per heavy atom. The lowest BCUT2D eigenvalue weighted by Gasteiger charge is -2.34. The summed E-state index contributed by atoms with van der Waals surface area (Å²) in [5.74, 6) is -0.163. The lowest BCUT2D eigenvalue weighted by Crippen LogP contribution is -2.46. The van der Waals surface area contributed by atoms with Gasteiger partial charge in [0.25, 0.3) is 0 Å². The molecule has 1 fully saturated rings. The second kappa shape index (κ2) is 7.70. The molecule has 5 heteroatoms. The van der Waals surface area contributed by atoms with Crippen LogP contribution in [0.2, 0.25) is 0 Å². The predicted molar refractivity (Wildman–Crippen MR) is 89.5 cm³/mol. The first kappa shape index (κ1) is 16.1. The van der Waals surface area contributed by atoms with Crippen LogP contribution in [0.5, 0.6) is 0 Å². The lowest BCUT2D eigenvalue weighted by atomic mass is 10.0. The van der Waals surface area contributed by atoms with Crippen LogP contribution in [0.4, 0.5) is 4.39 Å². The monoisotopic (exact) mass is 316 g/mol. The van der Waals surface area contributed by atoms with Crippen LogP contribution < -0.4 is 5.32 Å². The van der Waals surface area contributed by atoms with Crippen molar-refractivity contribution in [1.29, 1.82) is 0 Å². The summed E-state index contributed by atoms with van der Waals surface area (Å²) in [7, 11) is 0. The fourth-order valence-corrected chi connectivity index (χ4v) is 3.27. The molecule has 0 unspecified atom stereocenters. The molecule has 1 aromatic carbocycles. The van der Waals surface area contributed by atoms with Crippen LogP contribution in [0.15, 0.2) is 43.0 Å². The average molecular weight is 316 g/mol. The number of benzene rings is 1. The van der Waals surface area contributed by atoms with Gasteiger partial charge in [-0.05, 0) is 50.6 Å². The summed E-state index contributed by atoms with van der Waals surface area (Å²) in [6.07, 6.45) is 8.01. The Morgan fingerprint density at radius 2 is 2.00 bits per heavy atom. The van der Waals surface area contributed by atoms with Gasteiger partial charge in [0.2, 0.25) is 0 Å². The first-order valence-corrected chi connectivity index (χ1v) is 8.37.